The summed E-state index contributed by atoms with van der Waals surface area (Å²) in [6, 6.07) is 12.9. The van der Waals surface area contributed by atoms with Crippen LogP contribution in [0.4, 0.5) is 0 Å². The largest absolute Gasteiger partial charge is 0.480 e. The molecule has 0 spiro atoms. The lowest BCUT2D eigenvalue weighted by molar-refractivity contribution is -0.144. The van der Waals surface area contributed by atoms with Crippen molar-refractivity contribution in [2.24, 2.45) is 0 Å². The molecule has 21 heavy (non-hydrogen) atoms. The van der Waals surface area contributed by atoms with Gasteiger partial charge in [0.2, 0.25) is 0 Å². The van der Waals surface area contributed by atoms with E-state index in [2.05, 4.69) is 26.2 Å². The highest BCUT2D eigenvalue weighted by atomic mass is 79.9. The van der Waals surface area contributed by atoms with E-state index in [9.17, 15) is 9.90 Å². The third-order valence-electron chi connectivity index (χ3n) is 3.20. The highest BCUT2D eigenvalue weighted by molar-refractivity contribution is 9.10. The van der Waals surface area contributed by atoms with Gasteiger partial charge in [0.1, 0.15) is 0 Å². The van der Waals surface area contributed by atoms with Gasteiger partial charge in [-0.3, -0.25) is 0 Å². The molecule has 0 amide bonds. The SMILES string of the molecule is CNC(CSc1ccc(Br)cn1)(C(=O)O)c1ccccc1. The first-order valence-electron chi connectivity index (χ1n) is 6.30. The van der Waals surface area contributed by atoms with Gasteiger partial charge in [0.05, 0.1) is 5.03 Å². The summed E-state index contributed by atoms with van der Waals surface area (Å²) in [5, 5.41) is 13.4. The fourth-order valence-electron chi connectivity index (χ4n) is 1.94. The summed E-state index contributed by atoms with van der Waals surface area (Å²) in [6.45, 7) is 0. The van der Waals surface area contributed by atoms with Crippen molar-refractivity contribution in [1.29, 1.82) is 0 Å². The highest BCUT2D eigenvalue weighted by Crippen LogP contribution is 2.29. The van der Waals surface area contributed by atoms with Crippen LogP contribution in [0.15, 0.2) is 58.2 Å². The van der Waals surface area contributed by atoms with Gasteiger partial charge in [-0.2, -0.15) is 0 Å². The van der Waals surface area contributed by atoms with Crippen molar-refractivity contribution in [1.82, 2.24) is 10.3 Å². The number of pyridine rings is 1. The Kier molecular flexibility index (Phi) is 5.39. The monoisotopic (exact) mass is 366 g/mol. The van der Waals surface area contributed by atoms with Gasteiger partial charge in [0, 0.05) is 16.4 Å². The molecule has 1 aromatic carbocycles. The minimum absolute atomic E-state index is 0.345. The van der Waals surface area contributed by atoms with Crippen molar-refractivity contribution in [3.05, 3.63) is 58.7 Å². The molecule has 2 rings (SSSR count). The molecule has 1 unspecified atom stereocenters. The van der Waals surface area contributed by atoms with Crippen LogP contribution in [-0.2, 0) is 10.3 Å². The number of rotatable bonds is 6. The number of aromatic nitrogens is 1. The predicted molar refractivity (Wildman–Crippen MR) is 87.5 cm³/mol. The summed E-state index contributed by atoms with van der Waals surface area (Å²) in [6.07, 6.45) is 1.70. The number of carboxylic acid groups (broad SMARTS) is 1. The molecule has 6 heteroatoms. The Morgan fingerprint density at radius 3 is 2.57 bits per heavy atom. The van der Waals surface area contributed by atoms with Gasteiger partial charge in [0.15, 0.2) is 5.54 Å². The zero-order valence-corrected chi connectivity index (χ0v) is 13.8. The average molecular weight is 367 g/mol. The van der Waals surface area contributed by atoms with E-state index in [1.54, 1.807) is 13.2 Å². The van der Waals surface area contributed by atoms with E-state index < -0.39 is 11.5 Å². The molecule has 0 bridgehead atoms. The lowest BCUT2D eigenvalue weighted by Crippen LogP contribution is -2.49. The Bertz CT molecular complexity index is 607. The number of benzene rings is 1. The van der Waals surface area contributed by atoms with Crippen molar-refractivity contribution >= 4 is 33.7 Å². The number of halogens is 1. The van der Waals surface area contributed by atoms with Gasteiger partial charge in [-0.05, 0) is 40.7 Å². The zero-order chi connectivity index (χ0) is 15.3. The predicted octanol–water partition coefficient (Wildman–Crippen LogP) is 3.14. The maximum atomic E-state index is 11.8. The summed E-state index contributed by atoms with van der Waals surface area (Å²) in [5.41, 5.74) is -0.412. The molecule has 1 heterocycles. The molecule has 0 fully saturated rings. The highest BCUT2D eigenvalue weighted by Gasteiger charge is 2.39. The molecule has 1 aromatic heterocycles. The van der Waals surface area contributed by atoms with E-state index in [4.69, 9.17) is 0 Å². The number of nitrogens with zero attached hydrogens (tertiary/aromatic N) is 1. The second-order valence-electron chi connectivity index (χ2n) is 4.43. The lowest BCUT2D eigenvalue weighted by atomic mass is 9.92. The van der Waals surface area contributed by atoms with Gasteiger partial charge in [-0.25, -0.2) is 9.78 Å². The Labute approximate surface area is 136 Å². The second kappa shape index (κ2) is 7.06. The maximum Gasteiger partial charge on any atom is 0.329 e. The summed E-state index contributed by atoms with van der Waals surface area (Å²) >= 11 is 4.74. The van der Waals surface area contributed by atoms with Gasteiger partial charge in [-0.1, -0.05) is 30.3 Å². The summed E-state index contributed by atoms with van der Waals surface area (Å²) in [7, 11) is 1.66. The second-order valence-corrected chi connectivity index (χ2v) is 6.34. The molecule has 2 aromatic rings. The Balaban J connectivity index is 2.25. The first-order valence-corrected chi connectivity index (χ1v) is 8.08. The molecule has 0 aliphatic heterocycles. The topological polar surface area (TPSA) is 62.2 Å². The number of carbonyl (C=O) groups is 1. The fourth-order valence-corrected chi connectivity index (χ4v) is 3.27. The van der Waals surface area contributed by atoms with Crippen molar-refractivity contribution in [2.45, 2.75) is 10.6 Å². The molecule has 1 atom stereocenters. The van der Waals surface area contributed by atoms with Crippen LogP contribution in [0.2, 0.25) is 0 Å². The van der Waals surface area contributed by atoms with Crippen molar-refractivity contribution < 1.29 is 9.90 Å². The Morgan fingerprint density at radius 2 is 2.05 bits per heavy atom. The number of aliphatic carboxylic acids is 1. The molecule has 0 saturated heterocycles. The van der Waals surface area contributed by atoms with Crippen LogP contribution in [0.1, 0.15) is 5.56 Å². The van der Waals surface area contributed by atoms with Crippen LogP contribution >= 0.6 is 27.7 Å². The van der Waals surface area contributed by atoms with Crippen LogP contribution in [0.5, 0.6) is 0 Å². The van der Waals surface area contributed by atoms with Crippen LogP contribution < -0.4 is 5.32 Å². The number of thioether (sulfide) groups is 1. The van der Waals surface area contributed by atoms with Crippen LogP contribution in [0.25, 0.3) is 0 Å². The van der Waals surface area contributed by atoms with Crippen molar-refractivity contribution in [2.75, 3.05) is 12.8 Å². The van der Waals surface area contributed by atoms with E-state index in [0.717, 1.165) is 15.1 Å². The summed E-state index contributed by atoms with van der Waals surface area (Å²) in [4.78, 5) is 16.1. The Hall–Kier alpha value is -1.37. The van der Waals surface area contributed by atoms with E-state index in [1.807, 2.05) is 42.5 Å². The van der Waals surface area contributed by atoms with Gasteiger partial charge >= 0.3 is 5.97 Å². The quantitative estimate of drug-likeness (QED) is 0.769. The van der Waals surface area contributed by atoms with E-state index in [0.29, 0.717) is 5.75 Å². The molecule has 0 aliphatic rings. The molecular formula is C15H15BrN2O2S. The van der Waals surface area contributed by atoms with Crippen molar-refractivity contribution in [3.8, 4) is 0 Å². The summed E-state index contributed by atoms with van der Waals surface area (Å²) in [5.74, 6) is -0.557. The molecule has 2 N–H and O–H groups in total. The number of likely N-dealkylation sites (N-methyl/N-ethyl adjacent to an activating group) is 1. The maximum absolute atomic E-state index is 11.8. The van der Waals surface area contributed by atoms with Gasteiger partial charge in [-0.15, -0.1) is 11.8 Å². The molecule has 110 valence electrons. The number of hydrogen-bond donors (Lipinski definition) is 2. The van der Waals surface area contributed by atoms with Crippen LogP contribution in [0, 0.1) is 0 Å². The molecule has 0 saturated carbocycles. The number of hydrogen-bond acceptors (Lipinski definition) is 4. The lowest BCUT2D eigenvalue weighted by Gasteiger charge is -2.29. The average Bonchev–Trinajstić information content (AvgIpc) is 2.51. The summed E-state index contributed by atoms with van der Waals surface area (Å²) < 4.78 is 0.896. The Morgan fingerprint density at radius 1 is 1.33 bits per heavy atom. The molecular weight excluding hydrogens is 352 g/mol. The normalized spacial score (nSPS) is 13.6. The number of nitrogens with one attached hydrogen (secondary N) is 1. The minimum atomic E-state index is -1.14. The minimum Gasteiger partial charge on any atom is -0.480 e. The first kappa shape index (κ1) is 16.0. The smallest absolute Gasteiger partial charge is 0.329 e. The number of carboxylic acids is 1. The molecule has 4 nitrogen and oxygen atoms in total. The zero-order valence-electron chi connectivity index (χ0n) is 11.4. The molecule has 0 radical (unpaired) electrons. The van der Waals surface area contributed by atoms with Crippen LogP contribution in [0.3, 0.4) is 0 Å². The van der Waals surface area contributed by atoms with E-state index in [-0.39, 0.29) is 0 Å². The van der Waals surface area contributed by atoms with Crippen molar-refractivity contribution in [3.63, 3.8) is 0 Å². The third-order valence-corrected chi connectivity index (χ3v) is 4.78. The standard InChI is InChI=1S/C15H15BrN2O2S/c1-17-15(14(19)20,11-5-3-2-4-6-11)10-21-13-8-7-12(16)9-18-13/h2-9,17H,10H2,1H3,(H,19,20). The van der Waals surface area contributed by atoms with E-state index >= 15 is 0 Å². The molecule has 0 aliphatic carbocycles. The first-order chi connectivity index (χ1) is 10.1. The fraction of sp³-hybridized carbons (Fsp3) is 0.200. The van der Waals surface area contributed by atoms with Gasteiger partial charge < -0.3 is 10.4 Å². The third kappa shape index (κ3) is 3.64. The van der Waals surface area contributed by atoms with Crippen LogP contribution in [-0.4, -0.2) is 28.9 Å². The van der Waals surface area contributed by atoms with E-state index in [1.165, 1.54) is 11.8 Å². The van der Waals surface area contributed by atoms with Gasteiger partial charge in [0.25, 0.3) is 0 Å².